The van der Waals surface area contributed by atoms with Crippen LogP contribution in [0.4, 0.5) is 5.82 Å². The Morgan fingerprint density at radius 3 is 2.50 bits per heavy atom. The first kappa shape index (κ1) is 23.0. The SMILES string of the molecule is CCC(CC)CNC(=NC)NCc1ccnc(N2CCN(C)CC2)c1.I. The summed E-state index contributed by atoms with van der Waals surface area (Å²) >= 11 is 0. The molecule has 1 aliphatic rings. The molecule has 6 nitrogen and oxygen atoms in total. The van der Waals surface area contributed by atoms with E-state index < -0.39 is 0 Å². The number of nitrogens with one attached hydrogen (secondary N) is 2. The average molecular weight is 474 g/mol. The van der Waals surface area contributed by atoms with Crippen LogP contribution in [0.1, 0.15) is 32.3 Å². The van der Waals surface area contributed by atoms with Crippen molar-refractivity contribution in [2.45, 2.75) is 33.2 Å². The highest BCUT2D eigenvalue weighted by molar-refractivity contribution is 14.0. The number of likely N-dealkylation sites (N-methyl/N-ethyl adjacent to an activating group) is 1. The Hall–Kier alpha value is -1.09. The highest BCUT2D eigenvalue weighted by atomic mass is 127. The van der Waals surface area contributed by atoms with Gasteiger partial charge in [0.2, 0.25) is 0 Å². The van der Waals surface area contributed by atoms with Gasteiger partial charge in [0.05, 0.1) is 0 Å². The minimum Gasteiger partial charge on any atom is -0.356 e. The fourth-order valence-corrected chi connectivity index (χ4v) is 3.00. The first-order chi connectivity index (χ1) is 12.2. The summed E-state index contributed by atoms with van der Waals surface area (Å²) in [5.74, 6) is 2.64. The van der Waals surface area contributed by atoms with Crippen molar-refractivity contribution in [3.63, 3.8) is 0 Å². The van der Waals surface area contributed by atoms with Gasteiger partial charge in [0.15, 0.2) is 5.96 Å². The van der Waals surface area contributed by atoms with Crippen LogP contribution in [0.25, 0.3) is 0 Å². The van der Waals surface area contributed by atoms with Crippen LogP contribution in [0, 0.1) is 5.92 Å². The first-order valence-electron chi connectivity index (χ1n) is 9.49. The molecule has 1 saturated heterocycles. The van der Waals surface area contributed by atoms with Crippen molar-refractivity contribution in [2.75, 3.05) is 51.7 Å². The predicted octanol–water partition coefficient (Wildman–Crippen LogP) is 2.55. The fraction of sp³-hybridized carbons (Fsp3) is 0.684. The van der Waals surface area contributed by atoms with E-state index in [9.17, 15) is 0 Å². The molecule has 1 fully saturated rings. The van der Waals surface area contributed by atoms with Crippen molar-refractivity contribution in [2.24, 2.45) is 10.9 Å². The van der Waals surface area contributed by atoms with Gasteiger partial charge in [0, 0.05) is 52.5 Å². The zero-order valence-electron chi connectivity index (χ0n) is 16.7. The standard InChI is InChI=1S/C19H34N6.HI/c1-5-16(6-2)14-22-19(20-3)23-15-17-7-8-21-18(13-17)25-11-9-24(4)10-12-25;/h7-8,13,16H,5-6,9-12,14-15H2,1-4H3,(H2,20,22,23);1H. The summed E-state index contributed by atoms with van der Waals surface area (Å²) in [7, 11) is 4.00. The van der Waals surface area contributed by atoms with Gasteiger partial charge in [-0.3, -0.25) is 4.99 Å². The number of hydrogen-bond donors (Lipinski definition) is 2. The third kappa shape index (κ3) is 7.26. The van der Waals surface area contributed by atoms with Crippen LogP contribution < -0.4 is 15.5 Å². The largest absolute Gasteiger partial charge is 0.356 e. The summed E-state index contributed by atoms with van der Waals surface area (Å²) in [6.07, 6.45) is 4.30. The summed E-state index contributed by atoms with van der Waals surface area (Å²) in [5, 5.41) is 6.84. The molecule has 0 unspecified atom stereocenters. The Labute approximate surface area is 175 Å². The van der Waals surface area contributed by atoms with E-state index in [0.29, 0.717) is 5.92 Å². The molecule has 0 amide bonds. The highest BCUT2D eigenvalue weighted by Crippen LogP contribution is 2.14. The molecule has 2 N–H and O–H groups in total. The molecule has 0 saturated carbocycles. The molecule has 0 spiro atoms. The highest BCUT2D eigenvalue weighted by Gasteiger charge is 2.15. The number of nitrogens with zero attached hydrogens (tertiary/aromatic N) is 4. The van der Waals surface area contributed by atoms with Gasteiger partial charge < -0.3 is 20.4 Å². The van der Waals surface area contributed by atoms with Crippen molar-refractivity contribution >= 4 is 35.8 Å². The summed E-state index contributed by atoms with van der Waals surface area (Å²) in [6.45, 7) is 10.5. The lowest BCUT2D eigenvalue weighted by atomic mass is 10.0. The van der Waals surface area contributed by atoms with E-state index in [-0.39, 0.29) is 24.0 Å². The number of piperazine rings is 1. The Balaban J connectivity index is 0.00000338. The van der Waals surface area contributed by atoms with E-state index in [1.807, 2.05) is 13.2 Å². The fourth-order valence-electron chi connectivity index (χ4n) is 3.00. The van der Waals surface area contributed by atoms with Crippen LogP contribution in [0.3, 0.4) is 0 Å². The van der Waals surface area contributed by atoms with Gasteiger partial charge in [-0.1, -0.05) is 26.7 Å². The van der Waals surface area contributed by atoms with Crippen molar-refractivity contribution in [3.05, 3.63) is 23.9 Å². The van der Waals surface area contributed by atoms with Gasteiger partial charge in [-0.25, -0.2) is 4.98 Å². The number of rotatable bonds is 7. The molecule has 0 aliphatic carbocycles. The predicted molar refractivity (Wildman–Crippen MR) is 122 cm³/mol. The van der Waals surface area contributed by atoms with Gasteiger partial charge in [-0.2, -0.15) is 0 Å². The first-order valence-corrected chi connectivity index (χ1v) is 9.49. The summed E-state index contributed by atoms with van der Waals surface area (Å²) in [5.41, 5.74) is 1.23. The third-order valence-corrected chi connectivity index (χ3v) is 5.03. The third-order valence-electron chi connectivity index (χ3n) is 5.03. The normalized spacial score (nSPS) is 15.7. The lowest BCUT2D eigenvalue weighted by Gasteiger charge is -2.33. The second kappa shape index (κ2) is 12.3. The number of pyridine rings is 1. The summed E-state index contributed by atoms with van der Waals surface area (Å²) in [4.78, 5) is 13.6. The van der Waals surface area contributed by atoms with Gasteiger partial charge in [0.1, 0.15) is 5.82 Å². The molecule has 0 aromatic carbocycles. The van der Waals surface area contributed by atoms with Crippen molar-refractivity contribution < 1.29 is 0 Å². The minimum atomic E-state index is 0. The molecule has 1 aromatic heterocycles. The number of anilines is 1. The quantitative estimate of drug-likeness (QED) is 0.362. The van der Waals surface area contributed by atoms with E-state index in [0.717, 1.165) is 51.0 Å². The van der Waals surface area contributed by atoms with Crippen LogP contribution in [0.2, 0.25) is 0 Å². The molecule has 26 heavy (non-hydrogen) atoms. The van der Waals surface area contributed by atoms with Crippen molar-refractivity contribution in [1.82, 2.24) is 20.5 Å². The van der Waals surface area contributed by atoms with Gasteiger partial charge in [-0.05, 0) is 30.7 Å². The number of aliphatic imine (C=N–C) groups is 1. The molecule has 0 bridgehead atoms. The summed E-state index contributed by atoms with van der Waals surface area (Å²) < 4.78 is 0. The zero-order chi connectivity index (χ0) is 18.1. The van der Waals surface area contributed by atoms with Gasteiger partial charge in [0.25, 0.3) is 0 Å². The minimum absolute atomic E-state index is 0. The van der Waals surface area contributed by atoms with Gasteiger partial charge >= 0.3 is 0 Å². The maximum atomic E-state index is 4.55. The Morgan fingerprint density at radius 1 is 1.19 bits per heavy atom. The summed E-state index contributed by atoms with van der Waals surface area (Å²) in [6, 6.07) is 4.26. The number of guanidine groups is 1. The monoisotopic (exact) mass is 474 g/mol. The van der Waals surface area contributed by atoms with E-state index >= 15 is 0 Å². The number of hydrogen-bond acceptors (Lipinski definition) is 4. The number of halogens is 1. The van der Waals surface area contributed by atoms with Crippen molar-refractivity contribution in [1.29, 1.82) is 0 Å². The Bertz CT molecular complexity index is 539. The average Bonchev–Trinajstić information content (AvgIpc) is 2.65. The molecule has 2 rings (SSSR count). The molecule has 1 aliphatic heterocycles. The molecule has 1 aromatic rings. The van der Waals surface area contributed by atoms with E-state index in [1.54, 1.807) is 0 Å². The molecule has 148 valence electrons. The zero-order valence-corrected chi connectivity index (χ0v) is 19.0. The van der Waals surface area contributed by atoms with E-state index in [2.05, 4.69) is 63.4 Å². The van der Waals surface area contributed by atoms with Crippen molar-refractivity contribution in [3.8, 4) is 0 Å². The number of aromatic nitrogens is 1. The smallest absolute Gasteiger partial charge is 0.191 e. The lowest BCUT2D eigenvalue weighted by Crippen LogP contribution is -2.44. The van der Waals surface area contributed by atoms with E-state index in [4.69, 9.17) is 0 Å². The molecule has 0 radical (unpaired) electrons. The second-order valence-corrected chi connectivity index (χ2v) is 6.80. The maximum absolute atomic E-state index is 4.55. The van der Waals surface area contributed by atoms with Crippen LogP contribution in [0.5, 0.6) is 0 Å². The lowest BCUT2D eigenvalue weighted by molar-refractivity contribution is 0.312. The second-order valence-electron chi connectivity index (χ2n) is 6.80. The van der Waals surface area contributed by atoms with Crippen LogP contribution in [-0.4, -0.2) is 62.7 Å². The van der Waals surface area contributed by atoms with Crippen LogP contribution in [0.15, 0.2) is 23.3 Å². The molecular weight excluding hydrogens is 439 g/mol. The van der Waals surface area contributed by atoms with Gasteiger partial charge in [-0.15, -0.1) is 24.0 Å². The molecule has 2 heterocycles. The Kier molecular flexibility index (Phi) is 10.9. The maximum Gasteiger partial charge on any atom is 0.191 e. The topological polar surface area (TPSA) is 55.8 Å². The Morgan fingerprint density at radius 2 is 1.88 bits per heavy atom. The molecular formula is C19H35IN6. The van der Waals surface area contributed by atoms with Crippen LogP contribution in [-0.2, 0) is 6.54 Å². The molecule has 7 heteroatoms. The van der Waals surface area contributed by atoms with E-state index in [1.165, 1.54) is 18.4 Å². The molecule has 0 atom stereocenters. The van der Waals surface area contributed by atoms with Crippen LogP contribution >= 0.6 is 24.0 Å².